The summed E-state index contributed by atoms with van der Waals surface area (Å²) in [5.41, 5.74) is 5.75. The number of carbonyl (C=O) groups excluding carboxylic acids is 1. The monoisotopic (exact) mass is 253 g/mol. The molecule has 0 spiro atoms. The molecular weight excluding hydrogens is 237 g/mol. The van der Waals surface area contributed by atoms with Crippen LogP contribution in [0, 0.1) is 5.82 Å². The fourth-order valence-electron chi connectivity index (χ4n) is 2.04. The Kier molecular flexibility index (Phi) is 3.76. The van der Waals surface area contributed by atoms with Crippen LogP contribution in [-0.2, 0) is 4.74 Å². The lowest BCUT2D eigenvalue weighted by Crippen LogP contribution is -2.48. The predicted molar refractivity (Wildman–Crippen MR) is 64.5 cm³/mol. The topological polar surface area (TPSA) is 68.5 Å². The second-order valence-corrected chi connectivity index (χ2v) is 4.22. The summed E-state index contributed by atoms with van der Waals surface area (Å²) in [6, 6.07) is 1.14. The average Bonchev–Trinajstić information content (AvgIpc) is 2.40. The van der Waals surface area contributed by atoms with Crippen molar-refractivity contribution in [2.24, 2.45) is 0 Å². The smallest absolute Gasteiger partial charge is 0.258 e. The van der Waals surface area contributed by atoms with Gasteiger partial charge in [0.05, 0.1) is 31.0 Å². The van der Waals surface area contributed by atoms with Gasteiger partial charge in [0, 0.05) is 6.54 Å². The van der Waals surface area contributed by atoms with Crippen LogP contribution in [0.25, 0.3) is 0 Å². The number of nitrogens with zero attached hydrogens (tertiary/aromatic N) is 2. The maximum atomic E-state index is 13.1. The molecule has 98 valence electrons. The summed E-state index contributed by atoms with van der Waals surface area (Å²) in [5, 5.41) is 0. The number of hydrogen-bond donors (Lipinski definition) is 1. The standard InChI is InChI=1S/C12H16FN3O2/c1-2-9-7-18-4-3-16(9)12(17)10-5-8(13)6-15-11(10)14/h5-6,9H,2-4,7H2,1H3,(H2,14,15). The second kappa shape index (κ2) is 5.30. The van der Waals surface area contributed by atoms with E-state index in [4.69, 9.17) is 10.5 Å². The van der Waals surface area contributed by atoms with Crippen LogP contribution in [0.1, 0.15) is 23.7 Å². The van der Waals surface area contributed by atoms with Gasteiger partial charge in [-0.25, -0.2) is 9.37 Å². The second-order valence-electron chi connectivity index (χ2n) is 4.22. The van der Waals surface area contributed by atoms with Gasteiger partial charge < -0.3 is 15.4 Å². The van der Waals surface area contributed by atoms with Crippen LogP contribution in [0.3, 0.4) is 0 Å². The first-order chi connectivity index (χ1) is 8.63. The van der Waals surface area contributed by atoms with Gasteiger partial charge >= 0.3 is 0 Å². The van der Waals surface area contributed by atoms with Crippen molar-refractivity contribution >= 4 is 11.7 Å². The van der Waals surface area contributed by atoms with E-state index in [2.05, 4.69) is 4.98 Å². The van der Waals surface area contributed by atoms with Gasteiger partial charge in [-0.2, -0.15) is 0 Å². The minimum absolute atomic E-state index is 0.00826. The zero-order valence-corrected chi connectivity index (χ0v) is 10.2. The van der Waals surface area contributed by atoms with Crippen molar-refractivity contribution in [3.05, 3.63) is 23.6 Å². The van der Waals surface area contributed by atoms with E-state index in [0.717, 1.165) is 18.7 Å². The summed E-state index contributed by atoms with van der Waals surface area (Å²) in [6.07, 6.45) is 1.79. The first-order valence-corrected chi connectivity index (χ1v) is 5.93. The number of ether oxygens (including phenoxy) is 1. The van der Waals surface area contributed by atoms with E-state index in [-0.39, 0.29) is 23.3 Å². The zero-order valence-electron chi connectivity index (χ0n) is 10.2. The number of rotatable bonds is 2. The van der Waals surface area contributed by atoms with E-state index in [0.29, 0.717) is 19.8 Å². The van der Waals surface area contributed by atoms with Crippen molar-refractivity contribution in [1.82, 2.24) is 9.88 Å². The first-order valence-electron chi connectivity index (χ1n) is 5.93. The highest BCUT2D eigenvalue weighted by molar-refractivity contribution is 5.98. The molecule has 0 aromatic carbocycles. The van der Waals surface area contributed by atoms with E-state index in [1.165, 1.54) is 0 Å². The van der Waals surface area contributed by atoms with Crippen LogP contribution in [-0.4, -0.2) is 41.6 Å². The Bertz CT molecular complexity index is 453. The van der Waals surface area contributed by atoms with Crippen molar-refractivity contribution in [2.75, 3.05) is 25.5 Å². The molecule has 1 aliphatic heterocycles. The van der Waals surface area contributed by atoms with Gasteiger partial charge in [0.25, 0.3) is 5.91 Å². The van der Waals surface area contributed by atoms with Crippen LogP contribution < -0.4 is 5.73 Å². The lowest BCUT2D eigenvalue weighted by Gasteiger charge is -2.35. The third-order valence-electron chi connectivity index (χ3n) is 3.08. The Hall–Kier alpha value is -1.69. The number of aromatic nitrogens is 1. The highest BCUT2D eigenvalue weighted by Gasteiger charge is 2.28. The SMILES string of the molecule is CCC1COCCN1C(=O)c1cc(F)cnc1N. The highest BCUT2D eigenvalue weighted by Crippen LogP contribution is 2.18. The first kappa shape index (κ1) is 12.8. The summed E-state index contributed by atoms with van der Waals surface area (Å²) >= 11 is 0. The molecule has 1 fully saturated rings. The van der Waals surface area contributed by atoms with Gasteiger partial charge in [0.1, 0.15) is 11.6 Å². The van der Waals surface area contributed by atoms with Crippen molar-refractivity contribution in [1.29, 1.82) is 0 Å². The lowest BCUT2D eigenvalue weighted by molar-refractivity contribution is -0.00278. The quantitative estimate of drug-likeness (QED) is 0.855. The summed E-state index contributed by atoms with van der Waals surface area (Å²) in [4.78, 5) is 17.7. The fraction of sp³-hybridized carbons (Fsp3) is 0.500. The Morgan fingerprint density at radius 2 is 2.50 bits per heavy atom. The van der Waals surface area contributed by atoms with Gasteiger partial charge in [0.15, 0.2) is 0 Å². The Labute approximate surface area is 105 Å². The predicted octanol–water partition coefficient (Wildman–Crippen LogP) is 1.05. The van der Waals surface area contributed by atoms with Crippen molar-refractivity contribution in [3.8, 4) is 0 Å². The van der Waals surface area contributed by atoms with E-state index < -0.39 is 5.82 Å². The molecule has 1 atom stereocenters. The molecule has 1 unspecified atom stereocenters. The van der Waals surface area contributed by atoms with Crippen LogP contribution >= 0.6 is 0 Å². The summed E-state index contributed by atoms with van der Waals surface area (Å²) in [7, 11) is 0. The number of carbonyl (C=O) groups is 1. The van der Waals surface area contributed by atoms with Crippen LogP contribution in [0.15, 0.2) is 12.3 Å². The maximum absolute atomic E-state index is 13.1. The highest BCUT2D eigenvalue weighted by atomic mass is 19.1. The Morgan fingerprint density at radius 3 is 3.22 bits per heavy atom. The number of hydrogen-bond acceptors (Lipinski definition) is 4. The molecule has 1 amide bonds. The maximum Gasteiger partial charge on any atom is 0.258 e. The third kappa shape index (κ3) is 2.43. The van der Waals surface area contributed by atoms with E-state index in [9.17, 15) is 9.18 Å². The molecule has 0 aliphatic carbocycles. The van der Waals surface area contributed by atoms with Gasteiger partial charge in [-0.05, 0) is 12.5 Å². The number of morpholine rings is 1. The fourth-order valence-corrected chi connectivity index (χ4v) is 2.04. The number of halogens is 1. The molecule has 0 radical (unpaired) electrons. The zero-order chi connectivity index (χ0) is 13.1. The minimum Gasteiger partial charge on any atom is -0.383 e. The largest absolute Gasteiger partial charge is 0.383 e. The minimum atomic E-state index is -0.561. The van der Waals surface area contributed by atoms with Gasteiger partial charge in [-0.3, -0.25) is 4.79 Å². The molecule has 5 nitrogen and oxygen atoms in total. The number of anilines is 1. The normalized spacial score (nSPS) is 19.9. The third-order valence-corrected chi connectivity index (χ3v) is 3.08. The molecule has 0 bridgehead atoms. The molecule has 2 rings (SSSR count). The van der Waals surface area contributed by atoms with Gasteiger partial charge in [-0.15, -0.1) is 0 Å². The molecule has 6 heteroatoms. The summed E-state index contributed by atoms with van der Waals surface area (Å²) in [5.74, 6) is -0.786. The number of amides is 1. The molecule has 18 heavy (non-hydrogen) atoms. The molecule has 1 aromatic heterocycles. The molecule has 0 saturated carbocycles. The van der Waals surface area contributed by atoms with Crippen LogP contribution in [0.4, 0.5) is 10.2 Å². The van der Waals surface area contributed by atoms with Crippen LogP contribution in [0.5, 0.6) is 0 Å². The van der Waals surface area contributed by atoms with Crippen molar-refractivity contribution in [2.45, 2.75) is 19.4 Å². The molecule has 1 saturated heterocycles. The molecule has 2 heterocycles. The van der Waals surface area contributed by atoms with E-state index in [1.54, 1.807) is 4.90 Å². The average molecular weight is 253 g/mol. The van der Waals surface area contributed by atoms with Crippen LogP contribution in [0.2, 0.25) is 0 Å². The number of pyridine rings is 1. The van der Waals surface area contributed by atoms with Gasteiger partial charge in [-0.1, -0.05) is 6.92 Å². The Morgan fingerprint density at radius 1 is 1.72 bits per heavy atom. The molecule has 1 aliphatic rings. The summed E-state index contributed by atoms with van der Waals surface area (Å²) < 4.78 is 18.5. The van der Waals surface area contributed by atoms with E-state index in [1.807, 2.05) is 6.92 Å². The van der Waals surface area contributed by atoms with Crippen molar-refractivity contribution < 1.29 is 13.9 Å². The Balaban J connectivity index is 2.26. The van der Waals surface area contributed by atoms with Crippen molar-refractivity contribution in [3.63, 3.8) is 0 Å². The van der Waals surface area contributed by atoms with Gasteiger partial charge in [0.2, 0.25) is 0 Å². The number of nitrogens with two attached hydrogens (primary N) is 1. The molecule has 1 aromatic rings. The number of nitrogen functional groups attached to an aromatic ring is 1. The molecule has 2 N–H and O–H groups in total. The molecular formula is C12H16FN3O2. The summed E-state index contributed by atoms with van der Waals surface area (Å²) in [6.45, 7) is 3.47. The lowest BCUT2D eigenvalue weighted by atomic mass is 10.1. The van der Waals surface area contributed by atoms with E-state index >= 15 is 0 Å².